The van der Waals surface area contributed by atoms with Gasteiger partial charge in [-0.15, -0.1) is 0 Å². The molecule has 2 aromatic carbocycles. The number of imidazole rings is 1. The first-order chi connectivity index (χ1) is 13.7. The number of H-pyrrole nitrogens is 2. The van der Waals surface area contributed by atoms with E-state index in [-0.39, 0.29) is 11.9 Å². The Morgan fingerprint density at radius 2 is 1.96 bits per heavy atom. The summed E-state index contributed by atoms with van der Waals surface area (Å²) >= 11 is 0. The molecular formula is C22H22N4O2. The first-order valence-electron chi connectivity index (χ1n) is 9.26. The third-order valence-corrected chi connectivity index (χ3v) is 4.80. The third kappa shape index (κ3) is 3.49. The Labute approximate surface area is 163 Å². The van der Waals surface area contributed by atoms with E-state index in [0.717, 1.165) is 40.2 Å². The Morgan fingerprint density at radius 3 is 2.71 bits per heavy atom. The molecule has 0 saturated heterocycles. The van der Waals surface area contributed by atoms with E-state index < -0.39 is 0 Å². The monoisotopic (exact) mass is 374 g/mol. The molecule has 6 nitrogen and oxygen atoms in total. The minimum Gasteiger partial charge on any atom is -0.497 e. The molecule has 0 aliphatic carbocycles. The molecule has 0 saturated carbocycles. The summed E-state index contributed by atoms with van der Waals surface area (Å²) in [5.41, 5.74) is 3.37. The van der Waals surface area contributed by atoms with Gasteiger partial charge < -0.3 is 20.0 Å². The van der Waals surface area contributed by atoms with Crippen LogP contribution < -0.4 is 10.1 Å². The molecule has 3 N–H and O–H groups in total. The zero-order chi connectivity index (χ0) is 19.5. The van der Waals surface area contributed by atoms with Crippen LogP contribution in [0.2, 0.25) is 0 Å². The summed E-state index contributed by atoms with van der Waals surface area (Å²) in [6, 6.07) is 17.3. The fourth-order valence-electron chi connectivity index (χ4n) is 3.23. The van der Waals surface area contributed by atoms with Gasteiger partial charge in [-0.05, 0) is 30.2 Å². The van der Waals surface area contributed by atoms with Crippen LogP contribution in [0.25, 0.3) is 22.2 Å². The van der Waals surface area contributed by atoms with E-state index >= 15 is 0 Å². The highest BCUT2D eigenvalue weighted by Gasteiger charge is 2.18. The van der Waals surface area contributed by atoms with E-state index in [2.05, 4.69) is 20.3 Å². The van der Waals surface area contributed by atoms with E-state index in [1.807, 2.05) is 61.5 Å². The van der Waals surface area contributed by atoms with Crippen molar-refractivity contribution in [2.45, 2.75) is 19.4 Å². The second-order valence-electron chi connectivity index (χ2n) is 6.62. The zero-order valence-electron chi connectivity index (χ0n) is 15.8. The van der Waals surface area contributed by atoms with Crippen molar-refractivity contribution in [3.05, 3.63) is 72.3 Å². The van der Waals surface area contributed by atoms with Crippen LogP contribution in [-0.2, 0) is 0 Å². The SMILES string of the molecule is CCC(NC(=O)c1cc2ccc(OC)cc2[nH]1)c1ncc(-c2ccccc2)[nH]1. The van der Waals surface area contributed by atoms with Crippen molar-refractivity contribution in [3.63, 3.8) is 0 Å². The van der Waals surface area contributed by atoms with Crippen LogP contribution in [0.1, 0.15) is 35.7 Å². The molecule has 0 fully saturated rings. The molecule has 1 amide bonds. The predicted octanol–water partition coefficient (Wildman–Crippen LogP) is 4.45. The number of aromatic nitrogens is 3. The number of benzene rings is 2. The molecule has 4 rings (SSSR count). The summed E-state index contributed by atoms with van der Waals surface area (Å²) in [7, 11) is 1.62. The highest BCUT2D eigenvalue weighted by molar-refractivity contribution is 5.98. The second kappa shape index (κ2) is 7.60. The van der Waals surface area contributed by atoms with Gasteiger partial charge in [0.2, 0.25) is 0 Å². The number of carbonyl (C=O) groups is 1. The number of amides is 1. The van der Waals surface area contributed by atoms with Gasteiger partial charge in [0, 0.05) is 17.0 Å². The standard InChI is InChI=1S/C22H22N4O2/c1-3-17(21-23-13-20(25-21)14-7-5-4-6-8-14)26-22(27)19-11-15-9-10-16(28-2)12-18(15)24-19/h4-13,17,24H,3H2,1-2H3,(H,23,25)(H,26,27). The number of hydrogen-bond donors (Lipinski definition) is 3. The Morgan fingerprint density at radius 1 is 1.14 bits per heavy atom. The van der Waals surface area contributed by atoms with E-state index in [1.54, 1.807) is 13.3 Å². The maximum absolute atomic E-state index is 12.8. The summed E-state index contributed by atoms with van der Waals surface area (Å²) in [6.45, 7) is 2.02. The quantitative estimate of drug-likeness (QED) is 0.466. The molecular weight excluding hydrogens is 352 g/mol. The Kier molecular flexibility index (Phi) is 4.85. The number of aromatic amines is 2. The topological polar surface area (TPSA) is 82.8 Å². The fraction of sp³-hybridized carbons (Fsp3) is 0.182. The number of fused-ring (bicyclic) bond motifs is 1. The van der Waals surface area contributed by atoms with Gasteiger partial charge in [-0.2, -0.15) is 0 Å². The zero-order valence-corrected chi connectivity index (χ0v) is 15.8. The third-order valence-electron chi connectivity index (χ3n) is 4.80. The lowest BCUT2D eigenvalue weighted by molar-refractivity contribution is 0.0929. The lowest BCUT2D eigenvalue weighted by atomic mass is 10.2. The van der Waals surface area contributed by atoms with Crippen molar-refractivity contribution in [1.29, 1.82) is 0 Å². The van der Waals surface area contributed by atoms with Crippen LogP contribution in [0.4, 0.5) is 0 Å². The van der Waals surface area contributed by atoms with Gasteiger partial charge in [-0.1, -0.05) is 37.3 Å². The van der Waals surface area contributed by atoms with Gasteiger partial charge in [0.25, 0.3) is 5.91 Å². The van der Waals surface area contributed by atoms with Crippen LogP contribution in [0.5, 0.6) is 5.75 Å². The lowest BCUT2D eigenvalue weighted by Gasteiger charge is -2.14. The van der Waals surface area contributed by atoms with Gasteiger partial charge in [-0.3, -0.25) is 4.79 Å². The number of carbonyl (C=O) groups excluding carboxylic acids is 1. The Hall–Kier alpha value is -3.54. The highest BCUT2D eigenvalue weighted by Crippen LogP contribution is 2.23. The van der Waals surface area contributed by atoms with Crippen molar-refractivity contribution >= 4 is 16.8 Å². The van der Waals surface area contributed by atoms with Gasteiger partial charge in [-0.25, -0.2) is 4.98 Å². The number of ether oxygens (including phenoxy) is 1. The minimum absolute atomic E-state index is 0.167. The van der Waals surface area contributed by atoms with Crippen LogP contribution in [0.3, 0.4) is 0 Å². The summed E-state index contributed by atoms with van der Waals surface area (Å²) in [4.78, 5) is 23.7. The van der Waals surface area contributed by atoms with Gasteiger partial charge in [0.15, 0.2) is 0 Å². The number of hydrogen-bond acceptors (Lipinski definition) is 3. The van der Waals surface area contributed by atoms with E-state index in [0.29, 0.717) is 5.69 Å². The average Bonchev–Trinajstić information content (AvgIpc) is 3.39. The molecule has 6 heteroatoms. The molecule has 0 aliphatic rings. The van der Waals surface area contributed by atoms with E-state index in [4.69, 9.17) is 4.74 Å². The summed E-state index contributed by atoms with van der Waals surface area (Å²) in [6.07, 6.45) is 2.52. The number of nitrogens with one attached hydrogen (secondary N) is 3. The van der Waals surface area contributed by atoms with Crippen molar-refractivity contribution in [2.24, 2.45) is 0 Å². The molecule has 142 valence electrons. The van der Waals surface area contributed by atoms with Gasteiger partial charge in [0.1, 0.15) is 17.3 Å². The number of rotatable bonds is 6. The first kappa shape index (κ1) is 17.9. The normalized spacial score (nSPS) is 12.1. The summed E-state index contributed by atoms with van der Waals surface area (Å²) < 4.78 is 5.24. The number of nitrogens with zero attached hydrogens (tertiary/aromatic N) is 1. The molecule has 1 unspecified atom stereocenters. The van der Waals surface area contributed by atoms with Crippen molar-refractivity contribution in [1.82, 2.24) is 20.3 Å². The predicted molar refractivity (Wildman–Crippen MR) is 109 cm³/mol. The molecule has 0 bridgehead atoms. The molecule has 28 heavy (non-hydrogen) atoms. The molecule has 0 radical (unpaired) electrons. The first-order valence-corrected chi connectivity index (χ1v) is 9.26. The molecule has 2 aromatic heterocycles. The largest absolute Gasteiger partial charge is 0.497 e. The molecule has 2 heterocycles. The maximum Gasteiger partial charge on any atom is 0.268 e. The molecule has 0 spiro atoms. The molecule has 4 aromatic rings. The van der Waals surface area contributed by atoms with Gasteiger partial charge in [0.05, 0.1) is 25.0 Å². The Balaban J connectivity index is 1.53. The lowest BCUT2D eigenvalue weighted by Crippen LogP contribution is -2.29. The maximum atomic E-state index is 12.8. The summed E-state index contributed by atoms with van der Waals surface area (Å²) in [5.74, 6) is 1.32. The van der Waals surface area contributed by atoms with E-state index in [9.17, 15) is 4.79 Å². The van der Waals surface area contributed by atoms with Gasteiger partial charge >= 0.3 is 0 Å². The summed E-state index contributed by atoms with van der Waals surface area (Å²) in [5, 5.41) is 4.02. The van der Waals surface area contributed by atoms with Crippen LogP contribution >= 0.6 is 0 Å². The van der Waals surface area contributed by atoms with E-state index in [1.165, 1.54) is 0 Å². The fourth-order valence-corrected chi connectivity index (χ4v) is 3.23. The minimum atomic E-state index is -0.203. The highest BCUT2D eigenvalue weighted by atomic mass is 16.5. The molecule has 0 aliphatic heterocycles. The number of methoxy groups -OCH3 is 1. The Bertz CT molecular complexity index is 1100. The molecule has 1 atom stereocenters. The van der Waals surface area contributed by atoms with Crippen molar-refractivity contribution in [2.75, 3.05) is 7.11 Å². The van der Waals surface area contributed by atoms with Crippen LogP contribution in [0, 0.1) is 0 Å². The smallest absolute Gasteiger partial charge is 0.268 e. The average molecular weight is 374 g/mol. The second-order valence-corrected chi connectivity index (χ2v) is 6.62. The van der Waals surface area contributed by atoms with Crippen LogP contribution in [-0.4, -0.2) is 28.0 Å². The van der Waals surface area contributed by atoms with Crippen molar-refractivity contribution < 1.29 is 9.53 Å². The van der Waals surface area contributed by atoms with Crippen molar-refractivity contribution in [3.8, 4) is 17.0 Å². The van der Waals surface area contributed by atoms with Crippen LogP contribution in [0.15, 0.2) is 60.8 Å².